The van der Waals surface area contributed by atoms with Gasteiger partial charge in [-0.05, 0) is 40.5 Å². The van der Waals surface area contributed by atoms with Gasteiger partial charge in [-0.1, -0.05) is 13.8 Å². The number of guanidine groups is 1. The van der Waals surface area contributed by atoms with Crippen molar-refractivity contribution in [1.29, 1.82) is 0 Å². The van der Waals surface area contributed by atoms with Gasteiger partial charge in [0.1, 0.15) is 5.60 Å². The van der Waals surface area contributed by atoms with Crippen LogP contribution in [-0.4, -0.2) is 55.3 Å². The van der Waals surface area contributed by atoms with E-state index in [4.69, 9.17) is 4.74 Å². The summed E-state index contributed by atoms with van der Waals surface area (Å²) in [7, 11) is 1.72. The first-order chi connectivity index (χ1) is 10.1. The van der Waals surface area contributed by atoms with Crippen molar-refractivity contribution >= 4 is 12.1 Å². The number of carbonyl (C=O) groups is 1. The van der Waals surface area contributed by atoms with E-state index in [9.17, 15) is 4.79 Å². The lowest BCUT2D eigenvalue weighted by molar-refractivity contribution is 0.0304. The molecule has 0 fully saturated rings. The molecule has 0 bridgehead atoms. The van der Waals surface area contributed by atoms with E-state index in [1.165, 1.54) is 0 Å². The maximum absolute atomic E-state index is 11.9. The van der Waals surface area contributed by atoms with E-state index >= 15 is 0 Å². The highest BCUT2D eigenvalue weighted by atomic mass is 16.6. The van der Waals surface area contributed by atoms with Crippen LogP contribution in [0.3, 0.4) is 0 Å². The van der Waals surface area contributed by atoms with Gasteiger partial charge in [0.15, 0.2) is 5.96 Å². The van der Waals surface area contributed by atoms with Gasteiger partial charge in [-0.25, -0.2) is 4.79 Å². The zero-order chi connectivity index (χ0) is 17.3. The van der Waals surface area contributed by atoms with Crippen LogP contribution in [0, 0.1) is 5.92 Å². The van der Waals surface area contributed by atoms with E-state index in [-0.39, 0.29) is 6.09 Å². The number of nitrogens with one attached hydrogen (secondary N) is 2. The van der Waals surface area contributed by atoms with Crippen LogP contribution in [0.2, 0.25) is 0 Å². The minimum absolute atomic E-state index is 0.323. The molecular formula is C16H34N4O2. The highest BCUT2D eigenvalue weighted by Crippen LogP contribution is 2.08. The van der Waals surface area contributed by atoms with Crippen molar-refractivity contribution in [1.82, 2.24) is 15.5 Å². The Morgan fingerprint density at radius 3 is 2.32 bits per heavy atom. The number of aliphatic imine (C=N–C) groups is 1. The molecule has 130 valence electrons. The van der Waals surface area contributed by atoms with Crippen molar-refractivity contribution in [2.45, 2.75) is 60.1 Å². The summed E-state index contributed by atoms with van der Waals surface area (Å²) in [5.74, 6) is 1.30. The standard InChI is InChI=1S/C16H34N4O2/c1-9-17-14(19-13(4)12(2)3)18-10-11-20(8)15(21)22-16(5,6)7/h12-13H,9-11H2,1-8H3,(H2,17,18,19). The molecule has 0 aliphatic carbocycles. The Balaban J connectivity index is 4.42. The van der Waals surface area contributed by atoms with E-state index in [1.807, 2.05) is 27.7 Å². The quantitative estimate of drug-likeness (QED) is 0.584. The monoisotopic (exact) mass is 314 g/mol. The number of hydrogen-bond donors (Lipinski definition) is 2. The van der Waals surface area contributed by atoms with Crippen LogP contribution in [0.5, 0.6) is 0 Å². The maximum atomic E-state index is 11.9. The molecule has 0 radical (unpaired) electrons. The molecule has 0 aromatic carbocycles. The van der Waals surface area contributed by atoms with Gasteiger partial charge in [0.25, 0.3) is 0 Å². The van der Waals surface area contributed by atoms with Crippen LogP contribution in [0.1, 0.15) is 48.5 Å². The average molecular weight is 314 g/mol. The lowest BCUT2D eigenvalue weighted by Gasteiger charge is -2.24. The maximum Gasteiger partial charge on any atom is 0.410 e. The lowest BCUT2D eigenvalue weighted by Crippen LogP contribution is -2.44. The van der Waals surface area contributed by atoms with Crippen molar-refractivity contribution in [3.05, 3.63) is 0 Å². The Labute approximate surface area is 135 Å². The highest BCUT2D eigenvalue weighted by molar-refractivity contribution is 5.80. The number of nitrogens with zero attached hydrogens (tertiary/aromatic N) is 2. The first-order valence-electron chi connectivity index (χ1n) is 8.05. The molecule has 1 unspecified atom stereocenters. The largest absolute Gasteiger partial charge is 0.444 e. The molecule has 0 aliphatic rings. The van der Waals surface area contributed by atoms with Gasteiger partial charge in [-0.15, -0.1) is 0 Å². The molecule has 0 rings (SSSR count). The first kappa shape index (κ1) is 20.5. The van der Waals surface area contributed by atoms with E-state index in [1.54, 1.807) is 11.9 Å². The molecule has 0 heterocycles. The Morgan fingerprint density at radius 1 is 1.27 bits per heavy atom. The highest BCUT2D eigenvalue weighted by Gasteiger charge is 2.19. The number of likely N-dealkylation sites (N-methyl/N-ethyl adjacent to an activating group) is 1. The minimum atomic E-state index is -0.474. The van der Waals surface area contributed by atoms with Gasteiger partial charge in [-0.3, -0.25) is 4.99 Å². The van der Waals surface area contributed by atoms with Gasteiger partial charge in [0.2, 0.25) is 0 Å². The molecule has 0 aliphatic heterocycles. The number of hydrogen-bond acceptors (Lipinski definition) is 3. The van der Waals surface area contributed by atoms with Crippen LogP contribution < -0.4 is 10.6 Å². The number of ether oxygens (including phenoxy) is 1. The van der Waals surface area contributed by atoms with Crippen molar-refractivity contribution < 1.29 is 9.53 Å². The summed E-state index contributed by atoms with van der Waals surface area (Å²) in [4.78, 5) is 17.9. The number of amides is 1. The Bertz CT molecular complexity index is 362. The molecule has 1 atom stereocenters. The van der Waals surface area contributed by atoms with Crippen molar-refractivity contribution in [3.8, 4) is 0 Å². The van der Waals surface area contributed by atoms with E-state index < -0.39 is 5.60 Å². The van der Waals surface area contributed by atoms with Crippen LogP contribution >= 0.6 is 0 Å². The molecule has 0 aromatic heterocycles. The lowest BCUT2D eigenvalue weighted by atomic mass is 10.1. The van der Waals surface area contributed by atoms with Crippen LogP contribution in [0.15, 0.2) is 4.99 Å². The molecule has 22 heavy (non-hydrogen) atoms. The Hall–Kier alpha value is -1.46. The van der Waals surface area contributed by atoms with E-state index in [0.717, 1.165) is 12.5 Å². The minimum Gasteiger partial charge on any atom is -0.444 e. The molecule has 0 spiro atoms. The van der Waals surface area contributed by atoms with Crippen molar-refractivity contribution in [2.24, 2.45) is 10.9 Å². The molecule has 2 N–H and O–H groups in total. The molecule has 0 saturated heterocycles. The smallest absolute Gasteiger partial charge is 0.410 e. The second-order valence-corrected chi connectivity index (χ2v) is 6.84. The van der Waals surface area contributed by atoms with Gasteiger partial charge < -0.3 is 20.3 Å². The third-order valence-corrected chi connectivity index (χ3v) is 3.12. The van der Waals surface area contributed by atoms with Crippen molar-refractivity contribution in [2.75, 3.05) is 26.7 Å². The normalized spacial score (nSPS) is 13.8. The first-order valence-corrected chi connectivity index (χ1v) is 8.05. The molecular weight excluding hydrogens is 280 g/mol. The zero-order valence-corrected chi connectivity index (χ0v) is 15.5. The number of rotatable bonds is 6. The number of carbonyl (C=O) groups excluding carboxylic acids is 1. The molecule has 1 amide bonds. The summed E-state index contributed by atoms with van der Waals surface area (Å²) < 4.78 is 5.31. The second-order valence-electron chi connectivity index (χ2n) is 6.84. The van der Waals surface area contributed by atoms with Gasteiger partial charge in [0.05, 0.1) is 6.54 Å². The summed E-state index contributed by atoms with van der Waals surface area (Å²) in [6.45, 7) is 15.9. The zero-order valence-electron chi connectivity index (χ0n) is 15.5. The molecule has 6 heteroatoms. The molecule has 6 nitrogen and oxygen atoms in total. The van der Waals surface area contributed by atoms with E-state index in [0.29, 0.717) is 25.0 Å². The Kier molecular flexibility index (Phi) is 8.90. The molecule has 0 aromatic rings. The predicted molar refractivity (Wildman–Crippen MR) is 92.3 cm³/mol. The van der Waals surface area contributed by atoms with Gasteiger partial charge >= 0.3 is 6.09 Å². The fourth-order valence-electron chi connectivity index (χ4n) is 1.45. The SMILES string of the molecule is CCNC(=NCCN(C)C(=O)OC(C)(C)C)NC(C)C(C)C. The van der Waals surface area contributed by atoms with Crippen LogP contribution in [0.4, 0.5) is 4.79 Å². The average Bonchev–Trinajstić information content (AvgIpc) is 2.36. The topological polar surface area (TPSA) is 66.0 Å². The van der Waals surface area contributed by atoms with Crippen LogP contribution in [0.25, 0.3) is 0 Å². The fraction of sp³-hybridized carbons (Fsp3) is 0.875. The van der Waals surface area contributed by atoms with Crippen molar-refractivity contribution in [3.63, 3.8) is 0 Å². The summed E-state index contributed by atoms with van der Waals surface area (Å²) in [5.41, 5.74) is -0.474. The summed E-state index contributed by atoms with van der Waals surface area (Å²) >= 11 is 0. The van der Waals surface area contributed by atoms with Crippen LogP contribution in [-0.2, 0) is 4.74 Å². The third-order valence-electron chi connectivity index (χ3n) is 3.12. The Morgan fingerprint density at radius 2 is 1.86 bits per heavy atom. The summed E-state index contributed by atoms with van der Waals surface area (Å²) in [5, 5.41) is 6.58. The fourth-order valence-corrected chi connectivity index (χ4v) is 1.45. The summed E-state index contributed by atoms with van der Waals surface area (Å²) in [6.07, 6.45) is -0.323. The van der Waals surface area contributed by atoms with Gasteiger partial charge in [0, 0.05) is 26.2 Å². The second kappa shape index (κ2) is 9.54. The predicted octanol–water partition coefficient (Wildman–Crippen LogP) is 2.45. The molecule has 0 saturated carbocycles. The van der Waals surface area contributed by atoms with Gasteiger partial charge in [-0.2, -0.15) is 0 Å². The van der Waals surface area contributed by atoms with E-state index in [2.05, 4.69) is 36.4 Å². The summed E-state index contributed by atoms with van der Waals surface area (Å²) in [6, 6.07) is 0.335. The third kappa shape index (κ3) is 9.47.